The van der Waals surface area contributed by atoms with E-state index in [0.29, 0.717) is 6.42 Å². The fraction of sp³-hybridized carbons (Fsp3) is 0.800. The van der Waals surface area contributed by atoms with Crippen molar-refractivity contribution in [3.05, 3.63) is 0 Å². The van der Waals surface area contributed by atoms with E-state index in [0.717, 1.165) is 19.3 Å². The molecular weight excluding hydrogens is 224 g/mol. The van der Waals surface area contributed by atoms with Crippen molar-refractivity contribution >= 4 is 49.7 Å². The first-order valence-electron chi connectivity index (χ1n) is 5.04. The second-order valence-electron chi connectivity index (χ2n) is 3.22. The van der Waals surface area contributed by atoms with Crippen molar-refractivity contribution < 1.29 is 19.4 Å². The Morgan fingerprint density at radius 1 is 1.13 bits per heavy atom. The minimum atomic E-state index is -1.11. The van der Waals surface area contributed by atoms with Crippen molar-refractivity contribution in [1.82, 2.24) is 0 Å². The SMILES string of the molecule is CCCCCCCC(=O)OCC(=O)O.[CaH2]. The summed E-state index contributed by atoms with van der Waals surface area (Å²) in [5, 5.41) is 8.23. The molecule has 0 atom stereocenters. The van der Waals surface area contributed by atoms with Gasteiger partial charge in [0.2, 0.25) is 0 Å². The zero-order chi connectivity index (χ0) is 10.8. The number of unbranched alkanes of at least 4 members (excludes halogenated alkanes) is 4. The van der Waals surface area contributed by atoms with E-state index < -0.39 is 18.5 Å². The van der Waals surface area contributed by atoms with Crippen LogP contribution < -0.4 is 0 Å². The molecule has 0 bridgehead atoms. The van der Waals surface area contributed by atoms with Crippen LogP contribution in [0.1, 0.15) is 45.4 Å². The van der Waals surface area contributed by atoms with Gasteiger partial charge in [0.05, 0.1) is 0 Å². The number of carbonyl (C=O) groups excluding carboxylic acids is 1. The van der Waals surface area contributed by atoms with E-state index >= 15 is 0 Å². The Labute approximate surface area is 120 Å². The Morgan fingerprint density at radius 3 is 2.27 bits per heavy atom. The first-order chi connectivity index (χ1) is 6.66. The normalized spacial score (nSPS) is 9.13. The van der Waals surface area contributed by atoms with Crippen LogP contribution in [-0.2, 0) is 14.3 Å². The van der Waals surface area contributed by atoms with Crippen molar-refractivity contribution in [2.24, 2.45) is 0 Å². The monoisotopic (exact) mass is 244 g/mol. The number of hydrogen-bond donors (Lipinski definition) is 1. The summed E-state index contributed by atoms with van der Waals surface area (Å²) in [5.41, 5.74) is 0. The summed E-state index contributed by atoms with van der Waals surface area (Å²) in [6.45, 7) is 1.61. The van der Waals surface area contributed by atoms with Crippen LogP contribution in [0.3, 0.4) is 0 Å². The van der Waals surface area contributed by atoms with E-state index in [9.17, 15) is 9.59 Å². The van der Waals surface area contributed by atoms with Crippen molar-refractivity contribution in [3.8, 4) is 0 Å². The van der Waals surface area contributed by atoms with Gasteiger partial charge in [-0.05, 0) is 6.42 Å². The van der Waals surface area contributed by atoms with E-state index in [2.05, 4.69) is 11.7 Å². The Bertz CT molecular complexity index is 182. The number of aliphatic carboxylic acids is 1. The Balaban J connectivity index is 0. The molecule has 0 aromatic rings. The van der Waals surface area contributed by atoms with Gasteiger partial charge in [-0.1, -0.05) is 32.6 Å². The minimum absolute atomic E-state index is 0. The zero-order valence-corrected chi connectivity index (χ0v) is 8.62. The van der Waals surface area contributed by atoms with Gasteiger partial charge in [-0.2, -0.15) is 0 Å². The number of ether oxygens (including phenoxy) is 1. The summed E-state index contributed by atoms with van der Waals surface area (Å²) >= 11 is 0. The van der Waals surface area contributed by atoms with Gasteiger partial charge in [0, 0.05) is 6.42 Å². The molecule has 1 N–H and O–H groups in total. The Hall–Kier alpha value is 0.200. The van der Waals surface area contributed by atoms with Gasteiger partial charge in [-0.3, -0.25) is 4.79 Å². The third kappa shape index (κ3) is 14.2. The number of rotatable bonds is 8. The van der Waals surface area contributed by atoms with Crippen molar-refractivity contribution in [2.75, 3.05) is 6.61 Å². The average Bonchev–Trinajstić information content (AvgIpc) is 2.14. The molecule has 0 aromatic carbocycles. The number of carbonyl (C=O) groups is 2. The number of hydrogen-bond acceptors (Lipinski definition) is 3. The van der Waals surface area contributed by atoms with Gasteiger partial charge in [-0.15, -0.1) is 0 Å². The van der Waals surface area contributed by atoms with Crippen molar-refractivity contribution in [2.45, 2.75) is 45.4 Å². The van der Waals surface area contributed by atoms with Crippen LogP contribution in [0.5, 0.6) is 0 Å². The maximum absolute atomic E-state index is 10.9. The van der Waals surface area contributed by atoms with Gasteiger partial charge in [0.25, 0.3) is 0 Å². The number of esters is 1. The molecule has 0 unspecified atom stereocenters. The summed E-state index contributed by atoms with van der Waals surface area (Å²) in [4.78, 5) is 20.9. The van der Waals surface area contributed by atoms with Crippen LogP contribution in [0.15, 0.2) is 0 Å². The molecule has 0 heterocycles. The molecule has 86 valence electrons. The van der Waals surface area contributed by atoms with E-state index in [4.69, 9.17) is 5.11 Å². The molecule has 15 heavy (non-hydrogen) atoms. The molecule has 0 aliphatic rings. The molecule has 5 heteroatoms. The van der Waals surface area contributed by atoms with E-state index in [1.165, 1.54) is 12.8 Å². The quantitative estimate of drug-likeness (QED) is 0.394. The molecule has 0 fully saturated rings. The molecule has 0 aliphatic heterocycles. The summed E-state index contributed by atoms with van der Waals surface area (Å²) < 4.78 is 4.47. The van der Waals surface area contributed by atoms with E-state index in [-0.39, 0.29) is 37.7 Å². The predicted molar refractivity (Wildman–Crippen MR) is 60.5 cm³/mol. The van der Waals surface area contributed by atoms with Gasteiger partial charge in [-0.25, -0.2) is 4.79 Å². The van der Waals surface area contributed by atoms with Gasteiger partial charge < -0.3 is 9.84 Å². The van der Waals surface area contributed by atoms with Crippen LogP contribution in [0, 0.1) is 0 Å². The average molecular weight is 244 g/mol. The molecular formula is C10H20CaO4. The molecule has 4 nitrogen and oxygen atoms in total. The molecule has 0 amide bonds. The molecule has 0 radical (unpaired) electrons. The second-order valence-corrected chi connectivity index (χ2v) is 3.22. The predicted octanol–water partition coefficient (Wildman–Crippen LogP) is 1.06. The fourth-order valence-electron chi connectivity index (χ4n) is 1.09. The van der Waals surface area contributed by atoms with Gasteiger partial charge in [0.1, 0.15) is 0 Å². The van der Waals surface area contributed by atoms with Gasteiger partial charge in [0.15, 0.2) is 6.61 Å². The van der Waals surface area contributed by atoms with Crippen molar-refractivity contribution in [3.63, 3.8) is 0 Å². The molecule has 0 saturated carbocycles. The van der Waals surface area contributed by atoms with E-state index in [1.54, 1.807) is 0 Å². The molecule has 0 saturated heterocycles. The molecule has 0 aromatic heterocycles. The third-order valence-electron chi connectivity index (χ3n) is 1.84. The number of carboxylic acid groups (broad SMARTS) is 1. The van der Waals surface area contributed by atoms with E-state index in [1.807, 2.05) is 0 Å². The Kier molecular flexibility index (Phi) is 14.4. The molecule has 0 spiro atoms. The van der Waals surface area contributed by atoms with Crippen molar-refractivity contribution in [1.29, 1.82) is 0 Å². The molecule has 0 aliphatic carbocycles. The van der Waals surface area contributed by atoms with Gasteiger partial charge >= 0.3 is 49.7 Å². The third-order valence-corrected chi connectivity index (χ3v) is 1.84. The molecule has 0 rings (SSSR count). The summed E-state index contributed by atoms with van der Waals surface area (Å²) in [5.74, 6) is -1.52. The summed E-state index contributed by atoms with van der Waals surface area (Å²) in [6, 6.07) is 0. The zero-order valence-electron chi connectivity index (χ0n) is 8.62. The Morgan fingerprint density at radius 2 is 1.73 bits per heavy atom. The number of carboxylic acids is 1. The van der Waals surface area contributed by atoms with Crippen LogP contribution in [0.4, 0.5) is 0 Å². The second kappa shape index (κ2) is 12.3. The van der Waals surface area contributed by atoms with Crippen LogP contribution in [0.25, 0.3) is 0 Å². The summed E-state index contributed by atoms with van der Waals surface area (Å²) in [7, 11) is 0. The van der Waals surface area contributed by atoms with Crippen LogP contribution in [0.2, 0.25) is 0 Å². The first kappa shape index (κ1) is 17.6. The maximum atomic E-state index is 10.9. The fourth-order valence-corrected chi connectivity index (χ4v) is 1.09. The summed E-state index contributed by atoms with van der Waals surface area (Å²) in [6.07, 6.45) is 5.61. The first-order valence-corrected chi connectivity index (χ1v) is 5.04. The van der Waals surface area contributed by atoms with Crippen LogP contribution in [-0.4, -0.2) is 61.4 Å². The standard InChI is InChI=1S/C10H18O4.Ca.2H/c1-2-3-4-5-6-7-10(13)14-8-9(11)12;;;/h2-8H2,1H3,(H,11,12);;;. The van der Waals surface area contributed by atoms with Crippen LogP contribution >= 0.6 is 0 Å². The topological polar surface area (TPSA) is 63.6 Å².